The Labute approximate surface area is 148 Å². The summed E-state index contributed by atoms with van der Waals surface area (Å²) in [5.41, 5.74) is 1.35. The standard InChI is InChI=1S/C16H15IN2O3S/c17-11-4-3-5-12(10-11)18-16(20)19-14-8-9-23(21,22)15-7-2-1-6-13(14)15/h1-7,10,14H,8-9H2,(H2,18,19,20). The van der Waals surface area contributed by atoms with Gasteiger partial charge in [-0.2, -0.15) is 0 Å². The quantitative estimate of drug-likeness (QED) is 0.701. The summed E-state index contributed by atoms with van der Waals surface area (Å²) in [5, 5.41) is 5.64. The van der Waals surface area contributed by atoms with Crippen molar-refractivity contribution in [1.82, 2.24) is 5.32 Å². The molecule has 0 spiro atoms. The molecule has 0 aromatic heterocycles. The highest BCUT2D eigenvalue weighted by molar-refractivity contribution is 14.1. The van der Waals surface area contributed by atoms with Crippen LogP contribution in [0.3, 0.4) is 0 Å². The van der Waals surface area contributed by atoms with Gasteiger partial charge in [-0.25, -0.2) is 13.2 Å². The number of amides is 2. The predicted octanol–water partition coefficient (Wildman–Crippen LogP) is 3.33. The number of hydrogen-bond donors (Lipinski definition) is 2. The number of nitrogens with one attached hydrogen (secondary N) is 2. The number of halogens is 1. The summed E-state index contributed by atoms with van der Waals surface area (Å²) in [4.78, 5) is 12.5. The molecule has 1 atom stereocenters. The lowest BCUT2D eigenvalue weighted by molar-refractivity contribution is 0.248. The molecule has 1 unspecified atom stereocenters. The van der Waals surface area contributed by atoms with Gasteiger partial charge in [-0.15, -0.1) is 0 Å². The zero-order valence-corrected chi connectivity index (χ0v) is 15.1. The molecule has 2 N–H and O–H groups in total. The molecule has 0 saturated heterocycles. The molecule has 1 aliphatic heterocycles. The van der Waals surface area contributed by atoms with Gasteiger partial charge in [-0.05, 0) is 58.8 Å². The zero-order valence-electron chi connectivity index (χ0n) is 12.1. The number of fused-ring (bicyclic) bond motifs is 1. The van der Waals surface area contributed by atoms with Gasteiger partial charge in [0.15, 0.2) is 9.84 Å². The normalized spacial score (nSPS) is 18.7. The molecule has 5 nitrogen and oxygen atoms in total. The van der Waals surface area contributed by atoms with E-state index in [-0.39, 0.29) is 17.8 Å². The van der Waals surface area contributed by atoms with Crippen LogP contribution >= 0.6 is 22.6 Å². The summed E-state index contributed by atoms with van der Waals surface area (Å²) in [5.74, 6) is 0.0399. The van der Waals surface area contributed by atoms with Crippen molar-refractivity contribution in [2.24, 2.45) is 0 Å². The van der Waals surface area contributed by atoms with Crippen LogP contribution in [0.25, 0.3) is 0 Å². The number of carbonyl (C=O) groups excluding carboxylic acids is 1. The first-order valence-electron chi connectivity index (χ1n) is 7.10. The van der Waals surface area contributed by atoms with Crippen molar-refractivity contribution in [2.45, 2.75) is 17.4 Å². The Balaban J connectivity index is 1.77. The van der Waals surface area contributed by atoms with Crippen molar-refractivity contribution in [3.8, 4) is 0 Å². The SMILES string of the molecule is O=C(Nc1cccc(I)c1)NC1CCS(=O)(=O)c2ccccc21. The van der Waals surface area contributed by atoms with E-state index in [2.05, 4.69) is 33.2 Å². The summed E-state index contributed by atoms with van der Waals surface area (Å²) < 4.78 is 25.2. The van der Waals surface area contributed by atoms with Crippen molar-refractivity contribution >= 4 is 44.1 Å². The summed E-state index contributed by atoms with van der Waals surface area (Å²) in [6, 6.07) is 13.6. The second-order valence-electron chi connectivity index (χ2n) is 5.31. The molecule has 1 heterocycles. The molecule has 2 aromatic carbocycles. The molecular weight excluding hydrogens is 427 g/mol. The second-order valence-corrected chi connectivity index (χ2v) is 8.63. The van der Waals surface area contributed by atoms with Crippen molar-refractivity contribution < 1.29 is 13.2 Å². The molecular formula is C16H15IN2O3S. The monoisotopic (exact) mass is 442 g/mol. The lowest BCUT2D eigenvalue weighted by Crippen LogP contribution is -2.36. The molecule has 0 saturated carbocycles. The van der Waals surface area contributed by atoms with Gasteiger partial charge in [0.2, 0.25) is 0 Å². The smallest absolute Gasteiger partial charge is 0.319 e. The van der Waals surface area contributed by atoms with E-state index in [1.165, 1.54) is 0 Å². The van der Waals surface area contributed by atoms with Crippen molar-refractivity contribution in [1.29, 1.82) is 0 Å². The molecule has 2 aromatic rings. The highest BCUT2D eigenvalue weighted by Gasteiger charge is 2.30. The molecule has 0 radical (unpaired) electrons. The lowest BCUT2D eigenvalue weighted by atomic mass is 10.0. The van der Waals surface area contributed by atoms with E-state index >= 15 is 0 Å². The minimum atomic E-state index is -3.25. The summed E-state index contributed by atoms with van der Waals surface area (Å²) in [6.07, 6.45) is 0.374. The highest BCUT2D eigenvalue weighted by Crippen LogP contribution is 2.31. The van der Waals surface area contributed by atoms with E-state index in [0.29, 0.717) is 22.6 Å². The van der Waals surface area contributed by atoms with Crippen LogP contribution in [0.1, 0.15) is 18.0 Å². The zero-order chi connectivity index (χ0) is 16.4. The van der Waals surface area contributed by atoms with E-state index in [1.54, 1.807) is 30.3 Å². The van der Waals surface area contributed by atoms with Crippen molar-refractivity contribution in [3.63, 3.8) is 0 Å². The van der Waals surface area contributed by atoms with E-state index in [0.717, 1.165) is 3.57 Å². The maximum absolute atomic E-state index is 12.2. The molecule has 120 valence electrons. The Hall–Kier alpha value is -1.61. The van der Waals surface area contributed by atoms with E-state index < -0.39 is 9.84 Å². The Morgan fingerprint density at radius 3 is 2.70 bits per heavy atom. The fraction of sp³-hybridized carbons (Fsp3) is 0.188. The largest absolute Gasteiger partial charge is 0.331 e. The van der Waals surface area contributed by atoms with E-state index in [9.17, 15) is 13.2 Å². The van der Waals surface area contributed by atoms with E-state index in [1.807, 2.05) is 18.2 Å². The summed E-state index contributed by atoms with van der Waals surface area (Å²) in [7, 11) is -3.25. The molecule has 0 bridgehead atoms. The van der Waals surface area contributed by atoms with Crippen LogP contribution in [0, 0.1) is 3.57 Å². The summed E-state index contributed by atoms with van der Waals surface area (Å²) in [6.45, 7) is 0. The van der Waals surface area contributed by atoms with Crippen LogP contribution in [0.2, 0.25) is 0 Å². The molecule has 2 amide bonds. The van der Waals surface area contributed by atoms with Crippen LogP contribution in [-0.2, 0) is 9.84 Å². The van der Waals surface area contributed by atoms with Gasteiger partial charge in [-0.3, -0.25) is 0 Å². The first-order chi connectivity index (χ1) is 11.0. The van der Waals surface area contributed by atoms with Crippen LogP contribution in [0.4, 0.5) is 10.5 Å². The average molecular weight is 442 g/mol. The topological polar surface area (TPSA) is 75.3 Å². The lowest BCUT2D eigenvalue weighted by Gasteiger charge is -2.26. The Bertz CT molecular complexity index is 852. The number of hydrogen-bond acceptors (Lipinski definition) is 3. The third-order valence-corrected chi connectivity index (χ3v) is 6.18. The van der Waals surface area contributed by atoms with Gasteiger partial charge in [0.05, 0.1) is 16.7 Å². The van der Waals surface area contributed by atoms with Crippen LogP contribution in [0.5, 0.6) is 0 Å². The molecule has 23 heavy (non-hydrogen) atoms. The number of rotatable bonds is 2. The van der Waals surface area contributed by atoms with Gasteiger partial charge >= 0.3 is 6.03 Å². The third kappa shape index (κ3) is 3.66. The number of urea groups is 1. The number of sulfone groups is 1. The van der Waals surface area contributed by atoms with E-state index in [4.69, 9.17) is 0 Å². The minimum Gasteiger partial charge on any atom is -0.331 e. The van der Waals surface area contributed by atoms with Crippen LogP contribution in [-0.4, -0.2) is 20.2 Å². The fourth-order valence-electron chi connectivity index (χ4n) is 2.63. The first-order valence-corrected chi connectivity index (χ1v) is 9.83. The van der Waals surface area contributed by atoms with Gasteiger partial charge < -0.3 is 10.6 Å². The van der Waals surface area contributed by atoms with Gasteiger partial charge in [0, 0.05) is 9.26 Å². The Morgan fingerprint density at radius 1 is 1.13 bits per heavy atom. The van der Waals surface area contributed by atoms with Crippen LogP contribution in [0.15, 0.2) is 53.4 Å². The summed E-state index contributed by atoms with van der Waals surface area (Å²) >= 11 is 2.17. The van der Waals surface area contributed by atoms with Crippen molar-refractivity contribution in [2.75, 3.05) is 11.1 Å². The number of carbonyl (C=O) groups is 1. The minimum absolute atomic E-state index is 0.0399. The average Bonchev–Trinajstić information content (AvgIpc) is 2.50. The number of benzene rings is 2. The molecule has 0 fully saturated rings. The Kier molecular flexibility index (Phi) is 4.58. The maximum Gasteiger partial charge on any atom is 0.319 e. The van der Waals surface area contributed by atoms with Gasteiger partial charge in [0.1, 0.15) is 0 Å². The van der Waals surface area contributed by atoms with Gasteiger partial charge in [-0.1, -0.05) is 24.3 Å². The highest BCUT2D eigenvalue weighted by atomic mass is 127. The first kappa shape index (κ1) is 16.3. The predicted molar refractivity (Wildman–Crippen MR) is 97.2 cm³/mol. The maximum atomic E-state index is 12.2. The fourth-order valence-corrected chi connectivity index (χ4v) is 4.80. The van der Waals surface area contributed by atoms with Gasteiger partial charge in [0.25, 0.3) is 0 Å². The molecule has 1 aliphatic rings. The number of anilines is 1. The molecule has 3 rings (SSSR count). The molecule has 7 heteroatoms. The Morgan fingerprint density at radius 2 is 1.91 bits per heavy atom. The van der Waals surface area contributed by atoms with Crippen LogP contribution < -0.4 is 10.6 Å². The second kappa shape index (κ2) is 6.48. The molecule has 0 aliphatic carbocycles. The third-order valence-electron chi connectivity index (χ3n) is 3.69. The van der Waals surface area contributed by atoms with Crippen molar-refractivity contribution in [3.05, 3.63) is 57.7 Å².